The number of nitro benzene ring substituents is 1. The lowest BCUT2D eigenvalue weighted by Gasteiger charge is -2.08. The molecule has 9 heteroatoms. The third-order valence-corrected chi connectivity index (χ3v) is 3.13. The van der Waals surface area contributed by atoms with Crippen LogP contribution in [0.15, 0.2) is 47.6 Å². The Morgan fingerprint density at radius 2 is 1.84 bits per heavy atom. The van der Waals surface area contributed by atoms with E-state index in [0.717, 1.165) is 0 Å². The lowest BCUT2D eigenvalue weighted by atomic mass is 10.1. The van der Waals surface area contributed by atoms with Crippen molar-refractivity contribution in [3.63, 3.8) is 0 Å². The average Bonchev–Trinajstić information content (AvgIpc) is 2.61. The number of nitro groups is 1. The topological polar surface area (TPSA) is 115 Å². The van der Waals surface area contributed by atoms with E-state index in [0.29, 0.717) is 17.0 Å². The largest absolute Gasteiger partial charge is 0.496 e. The van der Waals surface area contributed by atoms with Gasteiger partial charge in [0, 0.05) is 23.4 Å². The molecule has 0 aliphatic heterocycles. The van der Waals surface area contributed by atoms with Gasteiger partial charge in [-0.25, -0.2) is 10.2 Å². The van der Waals surface area contributed by atoms with Crippen molar-refractivity contribution in [2.24, 2.45) is 5.10 Å². The Bertz CT molecular complexity index is 793. The molecular weight excluding hydrogens is 328 g/mol. The Morgan fingerprint density at radius 1 is 1.16 bits per heavy atom. The summed E-state index contributed by atoms with van der Waals surface area (Å²) in [5.74, 6) is 0.380. The van der Waals surface area contributed by atoms with E-state index in [1.54, 1.807) is 24.3 Å². The molecule has 0 atom stereocenters. The van der Waals surface area contributed by atoms with Crippen LogP contribution in [0.3, 0.4) is 0 Å². The third-order valence-electron chi connectivity index (χ3n) is 3.13. The number of ether oxygens (including phenoxy) is 2. The van der Waals surface area contributed by atoms with Crippen LogP contribution < -0.4 is 20.2 Å². The van der Waals surface area contributed by atoms with Gasteiger partial charge in [-0.3, -0.25) is 10.1 Å². The SMILES string of the molecule is COc1cc(OC)c([N+](=O)[O-])cc1/C=N/NC(=O)Nc1ccccc1. The van der Waals surface area contributed by atoms with Crippen LogP contribution in [0.25, 0.3) is 0 Å². The van der Waals surface area contributed by atoms with Crippen LogP contribution in [-0.2, 0) is 0 Å². The van der Waals surface area contributed by atoms with E-state index in [2.05, 4.69) is 15.8 Å². The predicted octanol–water partition coefficient (Wildman–Crippen LogP) is 2.77. The van der Waals surface area contributed by atoms with Crippen molar-refractivity contribution in [1.29, 1.82) is 0 Å². The molecule has 0 aliphatic carbocycles. The van der Waals surface area contributed by atoms with Crippen molar-refractivity contribution in [3.8, 4) is 11.5 Å². The Labute approximate surface area is 143 Å². The monoisotopic (exact) mass is 344 g/mol. The summed E-state index contributed by atoms with van der Waals surface area (Å²) in [5, 5.41) is 17.4. The zero-order valence-electron chi connectivity index (χ0n) is 13.6. The molecule has 2 aromatic rings. The second-order valence-electron chi connectivity index (χ2n) is 4.71. The highest BCUT2D eigenvalue weighted by atomic mass is 16.6. The lowest BCUT2D eigenvalue weighted by molar-refractivity contribution is -0.385. The van der Waals surface area contributed by atoms with Crippen LogP contribution in [0.2, 0.25) is 0 Å². The van der Waals surface area contributed by atoms with Crippen molar-refractivity contribution >= 4 is 23.6 Å². The number of methoxy groups -OCH3 is 2. The van der Waals surface area contributed by atoms with E-state index in [9.17, 15) is 14.9 Å². The van der Waals surface area contributed by atoms with Crippen molar-refractivity contribution in [2.45, 2.75) is 0 Å². The fourth-order valence-corrected chi connectivity index (χ4v) is 1.99. The number of benzene rings is 2. The number of nitrogens with zero attached hydrogens (tertiary/aromatic N) is 2. The molecule has 0 bridgehead atoms. The summed E-state index contributed by atoms with van der Waals surface area (Å²) in [7, 11) is 2.73. The first-order valence-corrected chi connectivity index (χ1v) is 7.10. The highest BCUT2D eigenvalue weighted by Gasteiger charge is 2.18. The Balaban J connectivity index is 2.12. The molecule has 2 N–H and O–H groups in total. The minimum atomic E-state index is -0.578. The number of anilines is 1. The van der Waals surface area contributed by atoms with Crippen LogP contribution in [0.5, 0.6) is 11.5 Å². The number of urea groups is 1. The van der Waals surface area contributed by atoms with Gasteiger partial charge in [-0.15, -0.1) is 0 Å². The summed E-state index contributed by atoms with van der Waals surface area (Å²) < 4.78 is 10.1. The smallest absolute Gasteiger partial charge is 0.339 e. The maximum absolute atomic E-state index is 11.7. The number of para-hydroxylation sites is 1. The molecule has 2 aromatic carbocycles. The molecule has 0 heterocycles. The van der Waals surface area contributed by atoms with E-state index in [4.69, 9.17) is 9.47 Å². The molecule has 25 heavy (non-hydrogen) atoms. The van der Waals surface area contributed by atoms with E-state index in [1.807, 2.05) is 6.07 Å². The summed E-state index contributed by atoms with van der Waals surface area (Å²) in [6.45, 7) is 0. The average molecular weight is 344 g/mol. The number of rotatable bonds is 6. The summed E-state index contributed by atoms with van der Waals surface area (Å²) in [6.07, 6.45) is 1.25. The van der Waals surface area contributed by atoms with Crippen molar-refractivity contribution in [3.05, 3.63) is 58.1 Å². The van der Waals surface area contributed by atoms with Gasteiger partial charge in [0.25, 0.3) is 0 Å². The zero-order valence-corrected chi connectivity index (χ0v) is 13.6. The number of carbonyl (C=O) groups excluding carboxylic acids is 1. The molecule has 2 rings (SSSR count). The number of amides is 2. The summed E-state index contributed by atoms with van der Waals surface area (Å²) >= 11 is 0. The molecule has 0 fully saturated rings. The van der Waals surface area contributed by atoms with E-state index < -0.39 is 11.0 Å². The van der Waals surface area contributed by atoms with Crippen LogP contribution in [-0.4, -0.2) is 31.4 Å². The van der Waals surface area contributed by atoms with Gasteiger partial charge in [-0.05, 0) is 12.1 Å². The zero-order chi connectivity index (χ0) is 18.2. The standard InChI is InChI=1S/C16H16N4O5/c1-24-14-9-15(25-2)13(20(22)23)8-11(14)10-17-19-16(21)18-12-6-4-3-5-7-12/h3-10H,1-2H3,(H2,18,19,21)/b17-10+. The van der Waals surface area contributed by atoms with Gasteiger partial charge in [-0.2, -0.15) is 5.10 Å². The number of hydrogen-bond acceptors (Lipinski definition) is 6. The first-order chi connectivity index (χ1) is 12.0. The molecule has 0 saturated heterocycles. The molecule has 9 nitrogen and oxygen atoms in total. The van der Waals surface area contributed by atoms with E-state index in [-0.39, 0.29) is 11.4 Å². The van der Waals surface area contributed by atoms with Gasteiger partial charge in [0.2, 0.25) is 5.75 Å². The molecule has 130 valence electrons. The summed E-state index contributed by atoms with van der Waals surface area (Å²) in [5.41, 5.74) is 2.95. The van der Waals surface area contributed by atoms with Gasteiger partial charge in [0.15, 0.2) is 0 Å². The van der Waals surface area contributed by atoms with Crippen molar-refractivity contribution in [2.75, 3.05) is 19.5 Å². The second kappa shape index (κ2) is 8.29. The Kier molecular flexibility index (Phi) is 5.88. The number of nitrogens with one attached hydrogen (secondary N) is 2. The normalized spacial score (nSPS) is 10.3. The van der Waals surface area contributed by atoms with Gasteiger partial charge >= 0.3 is 11.7 Å². The first kappa shape index (κ1) is 17.7. The second-order valence-corrected chi connectivity index (χ2v) is 4.71. The Hall–Kier alpha value is -3.62. The molecule has 0 aliphatic rings. The predicted molar refractivity (Wildman–Crippen MR) is 92.4 cm³/mol. The number of hydrogen-bond donors (Lipinski definition) is 2. The molecule has 0 spiro atoms. The van der Waals surface area contributed by atoms with Crippen molar-refractivity contribution < 1.29 is 19.2 Å². The maximum Gasteiger partial charge on any atom is 0.339 e. The van der Waals surface area contributed by atoms with Gasteiger partial charge in [-0.1, -0.05) is 18.2 Å². The summed E-state index contributed by atoms with van der Waals surface area (Å²) in [4.78, 5) is 22.2. The van der Waals surface area contributed by atoms with Gasteiger partial charge in [0.1, 0.15) is 5.75 Å². The van der Waals surface area contributed by atoms with E-state index in [1.165, 1.54) is 32.6 Å². The Morgan fingerprint density at radius 3 is 2.44 bits per heavy atom. The van der Waals surface area contributed by atoms with Gasteiger partial charge in [0.05, 0.1) is 25.4 Å². The molecule has 2 amide bonds. The molecule has 0 radical (unpaired) electrons. The lowest BCUT2D eigenvalue weighted by Crippen LogP contribution is -2.24. The first-order valence-electron chi connectivity index (χ1n) is 7.10. The van der Waals surface area contributed by atoms with Crippen LogP contribution >= 0.6 is 0 Å². The fourth-order valence-electron chi connectivity index (χ4n) is 1.99. The summed E-state index contributed by atoms with van der Waals surface area (Å²) in [6, 6.07) is 10.9. The quantitative estimate of drug-likeness (QED) is 0.475. The van der Waals surface area contributed by atoms with E-state index >= 15 is 0 Å². The number of carbonyl (C=O) groups is 1. The highest BCUT2D eigenvalue weighted by molar-refractivity contribution is 5.91. The third kappa shape index (κ3) is 4.67. The highest BCUT2D eigenvalue weighted by Crippen LogP contribution is 2.33. The molecule has 0 unspecified atom stereocenters. The van der Waals surface area contributed by atoms with Crippen LogP contribution in [0.4, 0.5) is 16.2 Å². The molecule has 0 saturated carbocycles. The number of hydrazone groups is 1. The fraction of sp³-hybridized carbons (Fsp3) is 0.125. The maximum atomic E-state index is 11.7. The van der Waals surface area contributed by atoms with Gasteiger partial charge < -0.3 is 14.8 Å². The molecule has 0 aromatic heterocycles. The van der Waals surface area contributed by atoms with Crippen molar-refractivity contribution in [1.82, 2.24) is 5.43 Å². The van der Waals surface area contributed by atoms with Crippen LogP contribution in [0.1, 0.15) is 5.56 Å². The minimum absolute atomic E-state index is 0.0637. The van der Waals surface area contributed by atoms with Crippen LogP contribution in [0, 0.1) is 10.1 Å². The molecular formula is C16H16N4O5. The minimum Gasteiger partial charge on any atom is -0.496 e.